The smallest absolute Gasteiger partial charge is 0.231 e. The van der Waals surface area contributed by atoms with Crippen LogP contribution < -0.4 is 10.1 Å². The van der Waals surface area contributed by atoms with Crippen molar-refractivity contribution in [2.75, 3.05) is 43.1 Å². The number of benzene rings is 2. The fraction of sp³-hybridized carbons (Fsp3) is 0.409. The topological polar surface area (TPSA) is 41.6 Å². The van der Waals surface area contributed by atoms with E-state index in [4.69, 9.17) is 16.3 Å². The number of halogens is 1. The first-order valence-corrected chi connectivity index (χ1v) is 11.3. The van der Waals surface area contributed by atoms with Crippen LogP contribution in [0.2, 0.25) is 5.02 Å². The van der Waals surface area contributed by atoms with E-state index in [0.717, 1.165) is 30.0 Å². The molecule has 1 amide bonds. The maximum Gasteiger partial charge on any atom is 0.231 e. The molecule has 1 N–H and O–H groups in total. The largest absolute Gasteiger partial charge is 0.492 e. The zero-order chi connectivity index (χ0) is 19.3. The van der Waals surface area contributed by atoms with Crippen LogP contribution in [0.5, 0.6) is 5.75 Å². The lowest BCUT2D eigenvalue weighted by atomic mass is 9.96. The molecule has 2 aliphatic heterocycles. The van der Waals surface area contributed by atoms with Crippen molar-refractivity contribution in [1.82, 2.24) is 4.90 Å². The summed E-state index contributed by atoms with van der Waals surface area (Å²) in [7, 11) is 0. The van der Waals surface area contributed by atoms with Crippen LogP contribution in [-0.4, -0.2) is 48.6 Å². The lowest BCUT2D eigenvalue weighted by molar-refractivity contribution is -0.121. The lowest BCUT2D eigenvalue weighted by Gasteiger charge is -2.26. The van der Waals surface area contributed by atoms with E-state index in [1.54, 1.807) is 0 Å². The SMILES string of the molecule is O=C(Nc1ccc(CCN2CCSCC2)cc1)C1COc2ccc(Cl)cc2C1. The summed E-state index contributed by atoms with van der Waals surface area (Å²) in [5.41, 5.74) is 3.13. The van der Waals surface area contributed by atoms with Gasteiger partial charge in [0, 0.05) is 41.8 Å². The molecule has 0 bridgehead atoms. The average Bonchev–Trinajstić information content (AvgIpc) is 2.73. The highest BCUT2D eigenvalue weighted by molar-refractivity contribution is 7.99. The Morgan fingerprint density at radius 3 is 2.75 bits per heavy atom. The van der Waals surface area contributed by atoms with Gasteiger partial charge in [0.15, 0.2) is 0 Å². The van der Waals surface area contributed by atoms with Crippen LogP contribution in [0, 0.1) is 5.92 Å². The van der Waals surface area contributed by atoms with Crippen LogP contribution in [0.15, 0.2) is 42.5 Å². The van der Waals surface area contributed by atoms with E-state index in [1.807, 2.05) is 42.1 Å². The number of nitrogens with zero attached hydrogens (tertiary/aromatic N) is 1. The first-order chi connectivity index (χ1) is 13.7. The number of carbonyl (C=O) groups is 1. The standard InChI is InChI=1S/C22H25ClN2O2S/c23-19-3-6-21-17(14-19)13-18(15-27-21)22(26)24-20-4-1-16(2-5-20)7-8-25-9-11-28-12-10-25/h1-6,14,18H,7-13,15H2,(H,24,26). The predicted molar refractivity (Wildman–Crippen MR) is 117 cm³/mol. The normalized spacial score (nSPS) is 19.5. The fourth-order valence-corrected chi connectivity index (χ4v) is 4.82. The van der Waals surface area contributed by atoms with E-state index in [1.165, 1.54) is 30.2 Å². The molecule has 2 aromatic carbocycles. The third kappa shape index (κ3) is 5.02. The van der Waals surface area contributed by atoms with Crippen LogP contribution in [-0.2, 0) is 17.6 Å². The van der Waals surface area contributed by atoms with Gasteiger partial charge in [-0.3, -0.25) is 4.79 Å². The van der Waals surface area contributed by atoms with Gasteiger partial charge < -0.3 is 15.0 Å². The number of thioether (sulfide) groups is 1. The number of anilines is 1. The maximum atomic E-state index is 12.6. The van der Waals surface area contributed by atoms with Crippen molar-refractivity contribution in [3.05, 3.63) is 58.6 Å². The number of hydrogen-bond acceptors (Lipinski definition) is 4. The van der Waals surface area contributed by atoms with Gasteiger partial charge >= 0.3 is 0 Å². The second kappa shape index (κ2) is 9.21. The number of hydrogen-bond donors (Lipinski definition) is 1. The Morgan fingerprint density at radius 2 is 1.96 bits per heavy atom. The number of carbonyl (C=O) groups excluding carboxylic acids is 1. The van der Waals surface area contributed by atoms with Gasteiger partial charge in [0.05, 0.1) is 5.92 Å². The van der Waals surface area contributed by atoms with E-state index < -0.39 is 0 Å². The molecule has 4 nitrogen and oxygen atoms in total. The van der Waals surface area contributed by atoms with Gasteiger partial charge in [0.2, 0.25) is 5.91 Å². The van der Waals surface area contributed by atoms with Crippen LogP contribution in [0.1, 0.15) is 11.1 Å². The quantitative estimate of drug-likeness (QED) is 0.796. The molecule has 148 valence electrons. The fourth-order valence-electron chi connectivity index (χ4n) is 3.64. The summed E-state index contributed by atoms with van der Waals surface area (Å²) in [6, 6.07) is 13.8. The third-order valence-electron chi connectivity index (χ3n) is 5.34. The Balaban J connectivity index is 1.29. The van der Waals surface area contributed by atoms with Gasteiger partial charge in [-0.25, -0.2) is 0 Å². The molecular weight excluding hydrogens is 392 g/mol. The van der Waals surface area contributed by atoms with E-state index in [9.17, 15) is 4.79 Å². The third-order valence-corrected chi connectivity index (χ3v) is 6.52. The Hall–Kier alpha value is -1.69. The van der Waals surface area contributed by atoms with Crippen molar-refractivity contribution < 1.29 is 9.53 Å². The molecule has 0 saturated carbocycles. The molecule has 2 aliphatic rings. The van der Waals surface area contributed by atoms with E-state index in [2.05, 4.69) is 22.3 Å². The minimum atomic E-state index is -0.206. The van der Waals surface area contributed by atoms with Crippen molar-refractivity contribution in [3.63, 3.8) is 0 Å². The highest BCUT2D eigenvalue weighted by Gasteiger charge is 2.26. The average molecular weight is 417 g/mol. The number of rotatable bonds is 5. The molecule has 1 unspecified atom stereocenters. The first-order valence-electron chi connectivity index (χ1n) is 9.78. The van der Waals surface area contributed by atoms with Gasteiger partial charge in [0.1, 0.15) is 12.4 Å². The minimum absolute atomic E-state index is 0.0100. The lowest BCUT2D eigenvalue weighted by Crippen LogP contribution is -2.34. The summed E-state index contributed by atoms with van der Waals surface area (Å²) in [6.07, 6.45) is 1.70. The summed E-state index contributed by atoms with van der Waals surface area (Å²) in [4.78, 5) is 15.2. The molecule has 28 heavy (non-hydrogen) atoms. The van der Waals surface area contributed by atoms with Crippen LogP contribution in [0.4, 0.5) is 5.69 Å². The molecule has 1 fully saturated rings. The molecule has 0 aliphatic carbocycles. The van der Waals surface area contributed by atoms with Crippen LogP contribution >= 0.6 is 23.4 Å². The summed E-state index contributed by atoms with van der Waals surface area (Å²) in [5, 5.41) is 3.69. The molecule has 0 aromatic heterocycles. The zero-order valence-corrected chi connectivity index (χ0v) is 17.4. The zero-order valence-electron chi connectivity index (χ0n) is 15.8. The number of nitrogens with one attached hydrogen (secondary N) is 1. The summed E-state index contributed by atoms with van der Waals surface area (Å²) >= 11 is 8.10. The predicted octanol–water partition coefficient (Wildman–Crippen LogP) is 4.12. The second-order valence-corrected chi connectivity index (χ2v) is 9.02. The monoisotopic (exact) mass is 416 g/mol. The molecule has 0 spiro atoms. The summed E-state index contributed by atoms with van der Waals surface area (Å²) < 4.78 is 5.73. The van der Waals surface area contributed by atoms with Gasteiger partial charge in [-0.05, 0) is 54.3 Å². The molecular formula is C22H25ClN2O2S. The van der Waals surface area contributed by atoms with Crippen LogP contribution in [0.25, 0.3) is 0 Å². The summed E-state index contributed by atoms with van der Waals surface area (Å²) in [5.74, 6) is 3.09. The molecule has 1 saturated heterocycles. The molecule has 6 heteroatoms. The highest BCUT2D eigenvalue weighted by atomic mass is 35.5. The molecule has 1 atom stereocenters. The number of fused-ring (bicyclic) bond motifs is 1. The van der Waals surface area contributed by atoms with Gasteiger partial charge in [-0.1, -0.05) is 23.7 Å². The van der Waals surface area contributed by atoms with Crippen molar-refractivity contribution in [3.8, 4) is 5.75 Å². The van der Waals surface area contributed by atoms with E-state index in [0.29, 0.717) is 18.1 Å². The van der Waals surface area contributed by atoms with Gasteiger partial charge in [0.25, 0.3) is 0 Å². The molecule has 2 heterocycles. The Labute approximate surface area is 175 Å². The summed E-state index contributed by atoms with van der Waals surface area (Å²) in [6.45, 7) is 3.88. The Morgan fingerprint density at radius 1 is 1.18 bits per heavy atom. The van der Waals surface area contributed by atoms with E-state index >= 15 is 0 Å². The Kier molecular flexibility index (Phi) is 6.45. The van der Waals surface area contributed by atoms with Crippen molar-refractivity contribution in [2.24, 2.45) is 5.92 Å². The first kappa shape index (κ1) is 19.6. The highest BCUT2D eigenvalue weighted by Crippen LogP contribution is 2.30. The minimum Gasteiger partial charge on any atom is -0.492 e. The van der Waals surface area contributed by atoms with Gasteiger partial charge in [-0.2, -0.15) is 11.8 Å². The maximum absolute atomic E-state index is 12.6. The van der Waals surface area contributed by atoms with E-state index in [-0.39, 0.29) is 11.8 Å². The number of amides is 1. The van der Waals surface area contributed by atoms with Crippen molar-refractivity contribution in [1.29, 1.82) is 0 Å². The van der Waals surface area contributed by atoms with Crippen molar-refractivity contribution >= 4 is 35.0 Å². The van der Waals surface area contributed by atoms with Crippen LogP contribution in [0.3, 0.4) is 0 Å². The van der Waals surface area contributed by atoms with Gasteiger partial charge in [-0.15, -0.1) is 0 Å². The van der Waals surface area contributed by atoms with Crippen molar-refractivity contribution in [2.45, 2.75) is 12.8 Å². The molecule has 4 rings (SSSR count). The molecule has 0 radical (unpaired) electrons. The number of ether oxygens (including phenoxy) is 1. The Bertz CT molecular complexity index is 822. The molecule has 2 aromatic rings. The second-order valence-electron chi connectivity index (χ2n) is 7.35.